The Kier molecular flexibility index (Phi) is 4.94. The van der Waals surface area contributed by atoms with E-state index in [9.17, 15) is 10.1 Å². The van der Waals surface area contributed by atoms with E-state index in [1.54, 1.807) is 18.2 Å². The van der Waals surface area contributed by atoms with Crippen LogP contribution in [0.4, 0.5) is 5.69 Å². The molecular formula is C15H15N3O2S. The van der Waals surface area contributed by atoms with E-state index in [0.717, 1.165) is 5.56 Å². The van der Waals surface area contributed by atoms with Crippen LogP contribution in [0.3, 0.4) is 0 Å². The molecule has 0 saturated carbocycles. The van der Waals surface area contributed by atoms with Crippen molar-refractivity contribution >= 4 is 23.3 Å². The lowest BCUT2D eigenvalue weighted by molar-refractivity contribution is -0.387. The Hall–Kier alpha value is -2.34. The molecule has 2 aromatic carbocycles. The largest absolute Gasteiger partial charge is 0.387 e. The average Bonchev–Trinajstić information content (AvgIpc) is 2.48. The molecule has 2 aromatic rings. The van der Waals surface area contributed by atoms with Crippen molar-refractivity contribution in [3.63, 3.8) is 0 Å². The van der Waals surface area contributed by atoms with Crippen LogP contribution in [-0.2, 0) is 0 Å². The molecule has 0 spiro atoms. The van der Waals surface area contributed by atoms with Gasteiger partial charge in [-0.05, 0) is 11.6 Å². The summed E-state index contributed by atoms with van der Waals surface area (Å²) < 4.78 is 0. The van der Waals surface area contributed by atoms with Gasteiger partial charge in [-0.25, -0.2) is 0 Å². The SMILES string of the molecule is N=C(N)C(CSc1ccccc1[N+](=O)[O-])c1ccccc1. The molecule has 0 radical (unpaired) electrons. The standard InChI is InChI=1S/C15H15N3O2S/c16-15(17)12(11-6-2-1-3-7-11)10-21-14-9-5-4-8-13(14)18(19)20/h1-9,12H,10H2,(H3,16,17). The highest BCUT2D eigenvalue weighted by Gasteiger charge is 2.18. The molecule has 1 atom stereocenters. The first-order valence-electron chi connectivity index (χ1n) is 6.34. The number of rotatable bonds is 6. The van der Waals surface area contributed by atoms with Crippen LogP contribution in [0.5, 0.6) is 0 Å². The van der Waals surface area contributed by atoms with Gasteiger partial charge in [0.25, 0.3) is 5.69 Å². The minimum Gasteiger partial charge on any atom is -0.387 e. The fourth-order valence-corrected chi connectivity index (χ4v) is 3.14. The Morgan fingerprint density at radius 1 is 1.19 bits per heavy atom. The maximum Gasteiger partial charge on any atom is 0.282 e. The van der Waals surface area contributed by atoms with Crippen LogP contribution in [0.2, 0.25) is 0 Å². The van der Waals surface area contributed by atoms with Crippen molar-refractivity contribution in [2.45, 2.75) is 10.8 Å². The van der Waals surface area contributed by atoms with E-state index in [2.05, 4.69) is 0 Å². The van der Waals surface area contributed by atoms with Gasteiger partial charge in [-0.1, -0.05) is 42.5 Å². The maximum absolute atomic E-state index is 11.0. The third-order valence-electron chi connectivity index (χ3n) is 3.04. The van der Waals surface area contributed by atoms with Crippen molar-refractivity contribution in [2.24, 2.45) is 5.73 Å². The number of benzene rings is 2. The van der Waals surface area contributed by atoms with Gasteiger partial charge in [0, 0.05) is 11.8 Å². The summed E-state index contributed by atoms with van der Waals surface area (Å²) >= 11 is 1.34. The molecule has 5 nitrogen and oxygen atoms in total. The zero-order valence-electron chi connectivity index (χ0n) is 11.2. The van der Waals surface area contributed by atoms with Gasteiger partial charge in [-0.15, -0.1) is 11.8 Å². The highest BCUT2D eigenvalue weighted by molar-refractivity contribution is 7.99. The van der Waals surface area contributed by atoms with E-state index in [-0.39, 0.29) is 17.4 Å². The number of nitro groups is 1. The lowest BCUT2D eigenvalue weighted by atomic mass is 10.0. The van der Waals surface area contributed by atoms with Crippen molar-refractivity contribution in [3.8, 4) is 0 Å². The van der Waals surface area contributed by atoms with E-state index in [1.807, 2.05) is 30.3 Å². The van der Waals surface area contributed by atoms with Crippen molar-refractivity contribution in [1.82, 2.24) is 0 Å². The molecule has 21 heavy (non-hydrogen) atoms. The molecule has 0 saturated heterocycles. The average molecular weight is 301 g/mol. The smallest absolute Gasteiger partial charge is 0.282 e. The number of thioether (sulfide) groups is 1. The Morgan fingerprint density at radius 2 is 1.81 bits per heavy atom. The van der Waals surface area contributed by atoms with Crippen LogP contribution >= 0.6 is 11.8 Å². The normalized spacial score (nSPS) is 11.8. The van der Waals surface area contributed by atoms with Crippen LogP contribution < -0.4 is 5.73 Å². The van der Waals surface area contributed by atoms with E-state index in [4.69, 9.17) is 11.1 Å². The second-order valence-corrected chi connectivity index (χ2v) is 5.52. The number of nitrogens with zero attached hydrogens (tertiary/aromatic N) is 1. The number of hydrogen-bond donors (Lipinski definition) is 2. The number of hydrogen-bond acceptors (Lipinski definition) is 4. The molecule has 0 aromatic heterocycles. The Labute approximate surface area is 126 Å². The minimum atomic E-state index is -0.395. The van der Waals surface area contributed by atoms with Gasteiger partial charge in [0.15, 0.2) is 0 Å². The molecule has 0 aliphatic rings. The van der Waals surface area contributed by atoms with E-state index in [0.29, 0.717) is 10.6 Å². The number of para-hydroxylation sites is 1. The summed E-state index contributed by atoms with van der Waals surface area (Å²) in [5.74, 6) is 0.299. The first kappa shape index (κ1) is 15.1. The van der Waals surface area contributed by atoms with Gasteiger partial charge in [-0.3, -0.25) is 15.5 Å². The molecular weight excluding hydrogens is 286 g/mol. The number of nitro benzene ring substituents is 1. The zero-order valence-corrected chi connectivity index (χ0v) is 12.0. The third-order valence-corrected chi connectivity index (χ3v) is 4.20. The fraction of sp³-hybridized carbons (Fsp3) is 0.133. The summed E-state index contributed by atoms with van der Waals surface area (Å²) in [5.41, 5.74) is 6.69. The lowest BCUT2D eigenvalue weighted by Gasteiger charge is -2.15. The summed E-state index contributed by atoms with van der Waals surface area (Å²) in [7, 11) is 0. The predicted molar refractivity (Wildman–Crippen MR) is 84.9 cm³/mol. The molecule has 0 aliphatic heterocycles. The summed E-state index contributed by atoms with van der Waals surface area (Å²) in [6, 6.07) is 16.1. The Balaban J connectivity index is 2.17. The summed E-state index contributed by atoms with van der Waals surface area (Å²) in [4.78, 5) is 11.2. The summed E-state index contributed by atoms with van der Waals surface area (Å²) in [5, 5.41) is 18.7. The molecule has 3 N–H and O–H groups in total. The first-order valence-corrected chi connectivity index (χ1v) is 7.33. The molecule has 1 unspecified atom stereocenters. The highest BCUT2D eigenvalue weighted by Crippen LogP contribution is 2.32. The predicted octanol–water partition coefficient (Wildman–Crippen LogP) is 3.41. The molecule has 0 heterocycles. The van der Waals surface area contributed by atoms with Crippen molar-refractivity contribution in [3.05, 3.63) is 70.3 Å². The van der Waals surface area contributed by atoms with Gasteiger partial charge < -0.3 is 5.73 Å². The first-order chi connectivity index (χ1) is 10.1. The Morgan fingerprint density at radius 3 is 2.43 bits per heavy atom. The molecule has 0 aliphatic carbocycles. The van der Waals surface area contributed by atoms with Gasteiger partial charge in [0.05, 0.1) is 21.6 Å². The number of amidine groups is 1. The minimum absolute atomic E-state index is 0.0623. The van der Waals surface area contributed by atoms with Crippen LogP contribution in [0.1, 0.15) is 11.5 Å². The molecule has 108 valence electrons. The molecule has 6 heteroatoms. The van der Waals surface area contributed by atoms with Crippen molar-refractivity contribution in [1.29, 1.82) is 5.41 Å². The summed E-state index contributed by atoms with van der Waals surface area (Å²) in [6.45, 7) is 0. The van der Waals surface area contributed by atoms with Crippen LogP contribution in [-0.4, -0.2) is 16.5 Å². The van der Waals surface area contributed by atoms with Crippen LogP contribution in [0, 0.1) is 15.5 Å². The highest BCUT2D eigenvalue weighted by atomic mass is 32.2. The van der Waals surface area contributed by atoms with Crippen molar-refractivity contribution < 1.29 is 4.92 Å². The van der Waals surface area contributed by atoms with E-state index in [1.165, 1.54) is 17.8 Å². The topological polar surface area (TPSA) is 93.0 Å². The number of nitrogens with two attached hydrogens (primary N) is 1. The third kappa shape index (κ3) is 3.82. The fourth-order valence-electron chi connectivity index (χ4n) is 1.95. The molecule has 0 bridgehead atoms. The van der Waals surface area contributed by atoms with E-state index < -0.39 is 4.92 Å². The molecule has 0 fully saturated rings. The quantitative estimate of drug-likeness (QED) is 0.281. The summed E-state index contributed by atoms with van der Waals surface area (Å²) in [6.07, 6.45) is 0. The van der Waals surface area contributed by atoms with Gasteiger partial charge >= 0.3 is 0 Å². The van der Waals surface area contributed by atoms with Crippen LogP contribution in [0.25, 0.3) is 0 Å². The molecule has 2 rings (SSSR count). The monoisotopic (exact) mass is 301 g/mol. The van der Waals surface area contributed by atoms with Crippen molar-refractivity contribution in [2.75, 3.05) is 5.75 Å². The lowest BCUT2D eigenvalue weighted by Crippen LogP contribution is -2.22. The molecule has 0 amide bonds. The van der Waals surface area contributed by atoms with Gasteiger partial charge in [0.2, 0.25) is 0 Å². The number of nitrogens with one attached hydrogen (secondary N) is 1. The van der Waals surface area contributed by atoms with Crippen LogP contribution in [0.15, 0.2) is 59.5 Å². The Bertz CT molecular complexity index is 646. The second-order valence-electron chi connectivity index (χ2n) is 4.45. The maximum atomic E-state index is 11.0. The zero-order chi connectivity index (χ0) is 15.2. The van der Waals surface area contributed by atoms with E-state index >= 15 is 0 Å². The second kappa shape index (κ2) is 6.90. The van der Waals surface area contributed by atoms with Gasteiger partial charge in [-0.2, -0.15) is 0 Å². The van der Waals surface area contributed by atoms with Gasteiger partial charge in [0.1, 0.15) is 0 Å².